The van der Waals surface area contributed by atoms with E-state index in [1.807, 2.05) is 28.1 Å². The molecule has 0 aliphatic rings. The van der Waals surface area contributed by atoms with E-state index in [4.69, 9.17) is 18.5 Å². The van der Waals surface area contributed by atoms with Gasteiger partial charge in [0.05, 0.1) is 27.7 Å². The van der Waals surface area contributed by atoms with Crippen molar-refractivity contribution in [3.63, 3.8) is 0 Å². The number of hydrogen-bond acceptors (Lipinski definition) is 7. The lowest BCUT2D eigenvalue weighted by Gasteiger charge is -2.24. The number of nitrogens with zero attached hydrogens (tertiary/aromatic N) is 1. The monoisotopic (exact) mass is 731 g/mol. The molecule has 9 nitrogen and oxygen atoms in total. The first kappa shape index (κ1) is 48.5. The average Bonchev–Trinajstić information content (AvgIpc) is 3.05. The van der Waals surface area contributed by atoms with Gasteiger partial charge in [0.1, 0.15) is 19.8 Å². The van der Waals surface area contributed by atoms with Crippen LogP contribution in [0, 0.1) is 0 Å². The van der Waals surface area contributed by atoms with Gasteiger partial charge >= 0.3 is 19.8 Å². The zero-order valence-corrected chi connectivity index (χ0v) is 33.8. The molecule has 0 radical (unpaired) electrons. The first-order valence-electron chi connectivity index (χ1n) is 20.1. The number of allylic oxidation sites excluding steroid dienone is 4. The number of carbonyl (C=O) groups excluding carboxylic acids is 2. The van der Waals surface area contributed by atoms with Gasteiger partial charge in [0.2, 0.25) is 0 Å². The van der Waals surface area contributed by atoms with E-state index in [-0.39, 0.29) is 26.1 Å². The van der Waals surface area contributed by atoms with Crippen molar-refractivity contribution >= 4 is 19.8 Å². The molecule has 0 saturated carbocycles. The summed E-state index contributed by atoms with van der Waals surface area (Å²) in [6.45, 7) is 4.22. The molecule has 0 heterocycles. The second-order valence-corrected chi connectivity index (χ2v) is 16.1. The molecular weight excluding hydrogens is 653 g/mol. The maximum atomic E-state index is 12.5. The molecule has 10 heteroatoms. The van der Waals surface area contributed by atoms with E-state index in [1.54, 1.807) is 0 Å². The van der Waals surface area contributed by atoms with Crippen LogP contribution in [0.15, 0.2) is 24.3 Å². The highest BCUT2D eigenvalue weighted by Crippen LogP contribution is 2.43. The van der Waals surface area contributed by atoms with Crippen LogP contribution in [-0.2, 0) is 32.7 Å². The Morgan fingerprint density at radius 1 is 0.620 bits per heavy atom. The first-order chi connectivity index (χ1) is 24.0. The van der Waals surface area contributed by atoms with Gasteiger partial charge in [0.15, 0.2) is 6.10 Å². The fraction of sp³-hybridized carbons (Fsp3) is 0.850. The number of quaternary nitrogens is 1. The molecule has 0 aromatic heterocycles. The molecule has 0 aromatic rings. The number of unbranched alkanes of at least 4 members (excludes halogenated alkanes) is 18. The minimum absolute atomic E-state index is 0.0319. The quantitative estimate of drug-likeness (QED) is 0.0223. The molecule has 0 aliphatic carbocycles. The van der Waals surface area contributed by atoms with Crippen molar-refractivity contribution in [2.24, 2.45) is 0 Å². The number of carbonyl (C=O) groups is 2. The number of hydrogen-bond donors (Lipinski definition) is 1. The van der Waals surface area contributed by atoms with Crippen molar-refractivity contribution < 1.29 is 42.1 Å². The van der Waals surface area contributed by atoms with Crippen molar-refractivity contribution in [3.05, 3.63) is 24.3 Å². The Morgan fingerprint density at radius 2 is 1.08 bits per heavy atom. The lowest BCUT2D eigenvalue weighted by molar-refractivity contribution is -0.870. The Hall–Kier alpha value is -1.51. The maximum Gasteiger partial charge on any atom is 0.472 e. The van der Waals surface area contributed by atoms with Gasteiger partial charge in [-0.3, -0.25) is 18.6 Å². The Kier molecular flexibility index (Phi) is 32.3. The van der Waals surface area contributed by atoms with Crippen molar-refractivity contribution in [2.45, 2.75) is 174 Å². The van der Waals surface area contributed by atoms with Crippen molar-refractivity contribution in [3.8, 4) is 0 Å². The predicted molar refractivity (Wildman–Crippen MR) is 206 cm³/mol. The summed E-state index contributed by atoms with van der Waals surface area (Å²) in [5.41, 5.74) is 0. The summed E-state index contributed by atoms with van der Waals surface area (Å²) >= 11 is 0. The number of phosphoric acid groups is 1. The van der Waals surface area contributed by atoms with Gasteiger partial charge in [-0.05, 0) is 44.9 Å². The van der Waals surface area contributed by atoms with E-state index < -0.39 is 32.5 Å². The van der Waals surface area contributed by atoms with Crippen LogP contribution in [0.5, 0.6) is 0 Å². The maximum absolute atomic E-state index is 12.5. The van der Waals surface area contributed by atoms with Gasteiger partial charge in [0, 0.05) is 12.8 Å². The minimum Gasteiger partial charge on any atom is -0.462 e. The molecule has 0 fully saturated rings. The average molecular weight is 731 g/mol. The fourth-order valence-electron chi connectivity index (χ4n) is 5.28. The molecule has 0 spiro atoms. The zero-order valence-electron chi connectivity index (χ0n) is 32.9. The predicted octanol–water partition coefficient (Wildman–Crippen LogP) is 10.8. The van der Waals surface area contributed by atoms with Gasteiger partial charge in [0.25, 0.3) is 0 Å². The van der Waals surface area contributed by atoms with Crippen molar-refractivity contribution in [2.75, 3.05) is 47.5 Å². The standard InChI is InChI=1S/C40H76NO8P/c1-6-8-10-11-12-13-14-15-16-17-18-19-20-21-22-23-24-25-26-27-28-29-31-33-40(43)49-38(36-46-39(42)32-30-9-7-2)37-48-50(44,45)47-35-34-41(3,4)5/h14-15,17-18,38H,6-13,16,19-37H2,1-5H3/p+1/b15-14-,18-17-. The fourth-order valence-corrected chi connectivity index (χ4v) is 6.02. The third-order valence-corrected chi connectivity index (χ3v) is 9.47. The van der Waals surface area contributed by atoms with Gasteiger partial charge in [-0.1, -0.05) is 134 Å². The van der Waals surface area contributed by atoms with E-state index in [9.17, 15) is 19.0 Å². The SMILES string of the molecule is CCCCCCC/C=C\C/C=C\CCCCCCCCCCCCCC(=O)OC(COC(=O)CCCCC)COP(=O)(O)OCC[N+](C)(C)C. The molecule has 2 unspecified atom stereocenters. The van der Waals surface area contributed by atoms with E-state index in [0.29, 0.717) is 17.4 Å². The number of esters is 2. The molecule has 0 bridgehead atoms. The van der Waals surface area contributed by atoms with Gasteiger partial charge in [-0.15, -0.1) is 0 Å². The van der Waals surface area contributed by atoms with Crippen LogP contribution in [0.2, 0.25) is 0 Å². The van der Waals surface area contributed by atoms with Crippen LogP contribution in [0.25, 0.3) is 0 Å². The summed E-state index contributed by atoms with van der Waals surface area (Å²) in [6, 6.07) is 0. The number of rotatable bonds is 36. The van der Waals surface area contributed by atoms with Crippen LogP contribution in [0.1, 0.15) is 168 Å². The summed E-state index contributed by atoms with van der Waals surface area (Å²) in [6.07, 6.45) is 34.6. The zero-order chi connectivity index (χ0) is 37.2. The van der Waals surface area contributed by atoms with Crippen molar-refractivity contribution in [1.82, 2.24) is 0 Å². The Bertz CT molecular complexity index is 918. The van der Waals surface area contributed by atoms with Crippen LogP contribution in [0.4, 0.5) is 0 Å². The largest absolute Gasteiger partial charge is 0.472 e. The smallest absolute Gasteiger partial charge is 0.462 e. The van der Waals surface area contributed by atoms with Crippen LogP contribution < -0.4 is 0 Å². The molecule has 2 atom stereocenters. The number of ether oxygens (including phenoxy) is 2. The third kappa shape index (κ3) is 36.3. The molecule has 0 aromatic carbocycles. The lowest BCUT2D eigenvalue weighted by atomic mass is 10.0. The molecule has 0 amide bonds. The second-order valence-electron chi connectivity index (χ2n) is 14.7. The van der Waals surface area contributed by atoms with Gasteiger partial charge in [-0.2, -0.15) is 0 Å². The van der Waals surface area contributed by atoms with Gasteiger partial charge < -0.3 is 18.9 Å². The first-order valence-corrected chi connectivity index (χ1v) is 21.6. The highest BCUT2D eigenvalue weighted by atomic mass is 31.2. The number of phosphoric ester groups is 1. The molecule has 0 rings (SSSR count). The molecular formula is C40H77NO8P+. The minimum atomic E-state index is -4.35. The van der Waals surface area contributed by atoms with E-state index >= 15 is 0 Å². The molecule has 50 heavy (non-hydrogen) atoms. The van der Waals surface area contributed by atoms with Crippen molar-refractivity contribution in [1.29, 1.82) is 0 Å². The topological polar surface area (TPSA) is 108 Å². The number of likely N-dealkylation sites (N-methyl/N-ethyl adjacent to an activating group) is 1. The second kappa shape index (κ2) is 33.3. The highest BCUT2D eigenvalue weighted by molar-refractivity contribution is 7.47. The Balaban J connectivity index is 4.04. The normalized spacial score (nSPS) is 14.0. The van der Waals surface area contributed by atoms with E-state index in [2.05, 4.69) is 31.2 Å². The third-order valence-electron chi connectivity index (χ3n) is 8.48. The Morgan fingerprint density at radius 3 is 1.62 bits per heavy atom. The highest BCUT2D eigenvalue weighted by Gasteiger charge is 2.27. The summed E-state index contributed by atoms with van der Waals surface area (Å²) in [5.74, 6) is -0.827. The van der Waals surface area contributed by atoms with E-state index in [1.165, 1.54) is 89.9 Å². The van der Waals surface area contributed by atoms with Crippen LogP contribution >= 0.6 is 7.82 Å². The summed E-state index contributed by atoms with van der Waals surface area (Å²) < 4.78 is 33.8. The summed E-state index contributed by atoms with van der Waals surface area (Å²) in [4.78, 5) is 34.7. The molecule has 0 aliphatic heterocycles. The molecule has 1 N–H and O–H groups in total. The molecule has 0 saturated heterocycles. The lowest BCUT2D eigenvalue weighted by Crippen LogP contribution is -2.37. The van der Waals surface area contributed by atoms with Gasteiger partial charge in [-0.25, -0.2) is 4.57 Å². The van der Waals surface area contributed by atoms with E-state index in [0.717, 1.165) is 44.9 Å². The summed E-state index contributed by atoms with van der Waals surface area (Å²) in [7, 11) is 1.47. The molecule has 294 valence electrons. The summed E-state index contributed by atoms with van der Waals surface area (Å²) in [5, 5.41) is 0. The van der Waals surface area contributed by atoms with Crippen LogP contribution in [-0.4, -0.2) is 74.9 Å². The Labute approximate surface area is 307 Å². The van der Waals surface area contributed by atoms with Crippen LogP contribution in [0.3, 0.4) is 0 Å².